The minimum absolute atomic E-state index is 0.224. The van der Waals surface area contributed by atoms with Gasteiger partial charge in [0.2, 0.25) is 0 Å². The van der Waals surface area contributed by atoms with Crippen LogP contribution < -0.4 is 11.3 Å². The van der Waals surface area contributed by atoms with Crippen LogP contribution in [0.1, 0.15) is 55.7 Å². The average Bonchev–Trinajstić information content (AvgIpc) is 2.35. The summed E-state index contributed by atoms with van der Waals surface area (Å²) in [7, 11) is 1.75. The van der Waals surface area contributed by atoms with Crippen LogP contribution >= 0.6 is 0 Å². The van der Waals surface area contributed by atoms with Crippen molar-refractivity contribution in [2.75, 3.05) is 13.7 Å². The molecule has 106 valence electrons. The van der Waals surface area contributed by atoms with Crippen molar-refractivity contribution < 1.29 is 4.74 Å². The van der Waals surface area contributed by atoms with Crippen molar-refractivity contribution in [2.45, 2.75) is 44.6 Å². The van der Waals surface area contributed by atoms with Gasteiger partial charge in [0.15, 0.2) is 0 Å². The summed E-state index contributed by atoms with van der Waals surface area (Å²) < 4.78 is 5.23. The van der Waals surface area contributed by atoms with Crippen LogP contribution in [0.5, 0.6) is 0 Å². The molecule has 3 heteroatoms. The van der Waals surface area contributed by atoms with Crippen molar-refractivity contribution in [1.82, 2.24) is 5.43 Å². The zero-order valence-corrected chi connectivity index (χ0v) is 12.1. The molecule has 0 radical (unpaired) electrons. The molecule has 2 rings (SSSR count). The molecule has 2 atom stereocenters. The van der Waals surface area contributed by atoms with Gasteiger partial charge in [0, 0.05) is 19.8 Å². The van der Waals surface area contributed by atoms with Gasteiger partial charge < -0.3 is 4.74 Å². The lowest BCUT2D eigenvalue weighted by molar-refractivity contribution is 0.149. The summed E-state index contributed by atoms with van der Waals surface area (Å²) in [6.45, 7) is 2.99. The fraction of sp³-hybridized carbons (Fsp3) is 0.625. The second kappa shape index (κ2) is 7.04. The van der Waals surface area contributed by atoms with Gasteiger partial charge in [-0.3, -0.25) is 11.3 Å². The van der Waals surface area contributed by atoms with E-state index in [1.165, 1.54) is 30.4 Å². The standard InChI is InChI=1S/C16H26N2O/c1-12(11-19-2)10-16(18-17)15-9-4-3-8-14(15)13-6-5-7-13/h3-4,8-9,12-13,16,18H,5-7,10-11,17H2,1-2H3. The molecule has 2 unspecified atom stereocenters. The zero-order chi connectivity index (χ0) is 13.7. The maximum Gasteiger partial charge on any atom is 0.0488 e. The van der Waals surface area contributed by atoms with E-state index < -0.39 is 0 Å². The van der Waals surface area contributed by atoms with Gasteiger partial charge in [-0.25, -0.2) is 0 Å². The number of rotatable bonds is 7. The predicted octanol–water partition coefficient (Wildman–Crippen LogP) is 3.13. The average molecular weight is 262 g/mol. The van der Waals surface area contributed by atoms with E-state index in [9.17, 15) is 0 Å². The van der Waals surface area contributed by atoms with E-state index in [0.717, 1.165) is 18.9 Å². The first-order chi connectivity index (χ1) is 9.26. The third kappa shape index (κ3) is 3.56. The van der Waals surface area contributed by atoms with Gasteiger partial charge in [-0.15, -0.1) is 0 Å². The third-order valence-corrected chi connectivity index (χ3v) is 4.21. The molecule has 0 spiro atoms. The fourth-order valence-electron chi connectivity index (χ4n) is 2.96. The largest absolute Gasteiger partial charge is 0.384 e. The Balaban J connectivity index is 2.12. The molecule has 1 aliphatic rings. The Morgan fingerprint density at radius 1 is 1.37 bits per heavy atom. The van der Waals surface area contributed by atoms with Crippen molar-refractivity contribution in [3.8, 4) is 0 Å². The first-order valence-electron chi connectivity index (χ1n) is 7.30. The molecule has 1 fully saturated rings. The Morgan fingerprint density at radius 2 is 2.11 bits per heavy atom. The predicted molar refractivity (Wildman–Crippen MR) is 78.8 cm³/mol. The molecular formula is C16H26N2O. The molecule has 19 heavy (non-hydrogen) atoms. The molecule has 0 saturated heterocycles. The van der Waals surface area contributed by atoms with E-state index >= 15 is 0 Å². The summed E-state index contributed by atoms with van der Waals surface area (Å²) in [4.78, 5) is 0. The first kappa shape index (κ1) is 14.5. The minimum atomic E-state index is 0.224. The molecule has 1 aliphatic carbocycles. The number of nitrogens with two attached hydrogens (primary N) is 1. The molecule has 0 aromatic heterocycles. The third-order valence-electron chi connectivity index (χ3n) is 4.21. The van der Waals surface area contributed by atoms with Crippen LogP contribution in [0.15, 0.2) is 24.3 Å². The van der Waals surface area contributed by atoms with E-state index in [0.29, 0.717) is 5.92 Å². The van der Waals surface area contributed by atoms with Gasteiger partial charge in [-0.1, -0.05) is 37.6 Å². The molecular weight excluding hydrogens is 236 g/mol. The SMILES string of the molecule is COCC(C)CC(NN)c1ccccc1C1CCC1. The molecule has 1 saturated carbocycles. The van der Waals surface area contributed by atoms with Gasteiger partial charge in [-0.05, 0) is 42.2 Å². The Morgan fingerprint density at radius 3 is 2.68 bits per heavy atom. The van der Waals surface area contributed by atoms with Crippen LogP contribution in [0.2, 0.25) is 0 Å². The molecule has 0 amide bonds. The molecule has 3 nitrogen and oxygen atoms in total. The van der Waals surface area contributed by atoms with Crippen molar-refractivity contribution in [3.05, 3.63) is 35.4 Å². The van der Waals surface area contributed by atoms with Crippen molar-refractivity contribution in [2.24, 2.45) is 11.8 Å². The molecule has 0 aliphatic heterocycles. The van der Waals surface area contributed by atoms with Crippen LogP contribution in [0.25, 0.3) is 0 Å². The summed E-state index contributed by atoms with van der Waals surface area (Å²) in [5.41, 5.74) is 5.86. The second-order valence-electron chi connectivity index (χ2n) is 5.77. The Bertz CT molecular complexity index is 390. The number of benzene rings is 1. The van der Waals surface area contributed by atoms with E-state index in [1.54, 1.807) is 7.11 Å². The van der Waals surface area contributed by atoms with Crippen LogP contribution in [0, 0.1) is 5.92 Å². The highest BCUT2D eigenvalue weighted by Crippen LogP contribution is 2.40. The van der Waals surface area contributed by atoms with E-state index in [2.05, 4.69) is 36.6 Å². The van der Waals surface area contributed by atoms with Crippen molar-refractivity contribution in [3.63, 3.8) is 0 Å². The monoisotopic (exact) mass is 262 g/mol. The summed E-state index contributed by atoms with van der Waals surface area (Å²) in [6.07, 6.45) is 5.01. The van der Waals surface area contributed by atoms with E-state index in [4.69, 9.17) is 10.6 Å². The topological polar surface area (TPSA) is 47.3 Å². The maximum atomic E-state index is 5.79. The quantitative estimate of drug-likeness (QED) is 0.586. The van der Waals surface area contributed by atoms with Crippen LogP contribution in [0.4, 0.5) is 0 Å². The van der Waals surface area contributed by atoms with Crippen LogP contribution in [0.3, 0.4) is 0 Å². The van der Waals surface area contributed by atoms with Crippen molar-refractivity contribution >= 4 is 0 Å². The molecule has 1 aromatic rings. The molecule has 3 N–H and O–H groups in total. The number of methoxy groups -OCH3 is 1. The Labute approximate surface area is 116 Å². The number of hydrogen-bond acceptors (Lipinski definition) is 3. The van der Waals surface area contributed by atoms with Crippen molar-refractivity contribution in [1.29, 1.82) is 0 Å². The summed E-state index contributed by atoms with van der Waals surface area (Å²) in [6, 6.07) is 8.97. The van der Waals surface area contributed by atoms with Gasteiger partial charge >= 0.3 is 0 Å². The Kier molecular flexibility index (Phi) is 5.37. The van der Waals surface area contributed by atoms with Gasteiger partial charge in [-0.2, -0.15) is 0 Å². The van der Waals surface area contributed by atoms with E-state index in [-0.39, 0.29) is 6.04 Å². The number of ether oxygens (including phenoxy) is 1. The minimum Gasteiger partial charge on any atom is -0.384 e. The van der Waals surface area contributed by atoms with Gasteiger partial charge in [0.1, 0.15) is 0 Å². The lowest BCUT2D eigenvalue weighted by Crippen LogP contribution is -2.31. The Hall–Kier alpha value is -0.900. The lowest BCUT2D eigenvalue weighted by atomic mass is 9.76. The molecule has 0 heterocycles. The highest BCUT2D eigenvalue weighted by Gasteiger charge is 2.25. The summed E-state index contributed by atoms with van der Waals surface area (Å²) in [5, 5.41) is 0. The first-order valence-corrected chi connectivity index (χ1v) is 7.30. The smallest absolute Gasteiger partial charge is 0.0488 e. The highest BCUT2D eigenvalue weighted by molar-refractivity contribution is 5.34. The molecule has 1 aromatic carbocycles. The number of nitrogens with one attached hydrogen (secondary N) is 1. The fourth-order valence-corrected chi connectivity index (χ4v) is 2.96. The number of hydrogen-bond donors (Lipinski definition) is 2. The van der Waals surface area contributed by atoms with Crippen LogP contribution in [-0.4, -0.2) is 13.7 Å². The lowest BCUT2D eigenvalue weighted by Gasteiger charge is -2.31. The highest BCUT2D eigenvalue weighted by atomic mass is 16.5. The zero-order valence-electron chi connectivity index (χ0n) is 12.1. The molecule has 0 bridgehead atoms. The summed E-state index contributed by atoms with van der Waals surface area (Å²) >= 11 is 0. The normalized spacial score (nSPS) is 18.9. The summed E-state index contributed by atoms with van der Waals surface area (Å²) in [5.74, 6) is 7.03. The number of hydrazine groups is 1. The maximum absolute atomic E-state index is 5.79. The second-order valence-corrected chi connectivity index (χ2v) is 5.77. The van der Waals surface area contributed by atoms with E-state index in [1.807, 2.05) is 0 Å². The van der Waals surface area contributed by atoms with Gasteiger partial charge in [0.05, 0.1) is 0 Å². The van der Waals surface area contributed by atoms with Gasteiger partial charge in [0.25, 0.3) is 0 Å². The van der Waals surface area contributed by atoms with Crippen LogP contribution in [-0.2, 0) is 4.74 Å².